The van der Waals surface area contributed by atoms with Crippen molar-refractivity contribution in [2.45, 2.75) is 0 Å². The van der Waals surface area contributed by atoms with E-state index in [2.05, 4.69) is 9.97 Å². The molecule has 7 heteroatoms. The number of hydrogen-bond donors (Lipinski definition) is 2. The summed E-state index contributed by atoms with van der Waals surface area (Å²) in [6, 6.07) is 9.02. The van der Waals surface area contributed by atoms with Gasteiger partial charge in [0, 0.05) is 12.7 Å². The third-order valence-electron chi connectivity index (χ3n) is 2.52. The number of ether oxygens (including phenoxy) is 2. The Kier molecular flexibility index (Phi) is 3.98. The number of aromatic nitrogens is 2. The summed E-state index contributed by atoms with van der Waals surface area (Å²) >= 11 is 0. The van der Waals surface area contributed by atoms with Crippen LogP contribution in [-0.4, -0.2) is 23.9 Å². The lowest BCUT2D eigenvalue weighted by Crippen LogP contribution is -2.05. The van der Waals surface area contributed by atoms with Crippen molar-refractivity contribution in [3.05, 3.63) is 29.8 Å². The highest BCUT2D eigenvalue weighted by Crippen LogP contribution is 2.27. The second-order valence-corrected chi connectivity index (χ2v) is 3.88. The van der Waals surface area contributed by atoms with Crippen LogP contribution in [0.3, 0.4) is 0 Å². The van der Waals surface area contributed by atoms with Crippen LogP contribution < -0.4 is 16.2 Å². The van der Waals surface area contributed by atoms with Crippen molar-refractivity contribution in [3.8, 4) is 23.1 Å². The number of nitrogens with two attached hydrogens (primary N) is 2. The lowest BCUT2D eigenvalue weighted by atomic mass is 10.1. The molecule has 1 aromatic heterocycles. The van der Waals surface area contributed by atoms with Crippen LogP contribution in [-0.2, 0) is 4.74 Å². The first-order valence-electron chi connectivity index (χ1n) is 5.71. The van der Waals surface area contributed by atoms with Gasteiger partial charge >= 0.3 is 0 Å². The number of rotatable bonds is 4. The van der Waals surface area contributed by atoms with Crippen molar-refractivity contribution in [1.82, 2.24) is 9.97 Å². The predicted octanol–water partition coefficient (Wildman–Crippen LogP) is 1.16. The van der Waals surface area contributed by atoms with Gasteiger partial charge in [-0.25, -0.2) is 4.98 Å². The predicted molar refractivity (Wildman–Crippen MR) is 73.5 cm³/mol. The van der Waals surface area contributed by atoms with Gasteiger partial charge in [0.25, 0.3) is 0 Å². The Morgan fingerprint density at radius 2 is 2.10 bits per heavy atom. The molecule has 0 saturated carbocycles. The van der Waals surface area contributed by atoms with Gasteiger partial charge in [0.1, 0.15) is 23.2 Å². The Balaban J connectivity index is 2.49. The second-order valence-electron chi connectivity index (χ2n) is 3.88. The van der Waals surface area contributed by atoms with Gasteiger partial charge in [-0.2, -0.15) is 10.2 Å². The van der Waals surface area contributed by atoms with E-state index < -0.39 is 0 Å². The molecular weight excluding hydrogens is 258 g/mol. The molecule has 7 nitrogen and oxygen atoms in total. The molecule has 0 aliphatic rings. The minimum absolute atomic E-state index is 0.0136. The van der Waals surface area contributed by atoms with E-state index >= 15 is 0 Å². The van der Waals surface area contributed by atoms with E-state index in [1.54, 1.807) is 24.3 Å². The molecule has 2 aromatic rings. The van der Waals surface area contributed by atoms with Crippen LogP contribution in [0.15, 0.2) is 24.3 Å². The van der Waals surface area contributed by atoms with Crippen LogP contribution in [0.25, 0.3) is 11.3 Å². The quantitative estimate of drug-likeness (QED) is 0.800. The van der Waals surface area contributed by atoms with Crippen LogP contribution in [0.4, 0.5) is 11.8 Å². The van der Waals surface area contributed by atoms with Crippen molar-refractivity contribution < 1.29 is 9.47 Å². The molecule has 0 spiro atoms. The van der Waals surface area contributed by atoms with Gasteiger partial charge in [0.15, 0.2) is 6.79 Å². The SMILES string of the molecule is COCOc1cccc(-c2nc(N)nc(N)c2C#N)c1. The van der Waals surface area contributed by atoms with Gasteiger partial charge in [-0.05, 0) is 12.1 Å². The Labute approximate surface area is 115 Å². The highest BCUT2D eigenvalue weighted by molar-refractivity contribution is 5.73. The van der Waals surface area contributed by atoms with Crippen LogP contribution in [0.2, 0.25) is 0 Å². The summed E-state index contributed by atoms with van der Waals surface area (Å²) in [4.78, 5) is 7.85. The summed E-state index contributed by atoms with van der Waals surface area (Å²) < 4.78 is 10.2. The third kappa shape index (κ3) is 2.76. The molecule has 4 N–H and O–H groups in total. The molecule has 2 rings (SSSR count). The maximum Gasteiger partial charge on any atom is 0.222 e. The van der Waals surface area contributed by atoms with Crippen LogP contribution in [0.1, 0.15) is 5.56 Å². The molecular formula is C13H13N5O2. The Morgan fingerprint density at radius 3 is 2.80 bits per heavy atom. The number of methoxy groups -OCH3 is 1. The normalized spacial score (nSPS) is 10.0. The highest BCUT2D eigenvalue weighted by atomic mass is 16.7. The minimum atomic E-state index is 0.0136. The zero-order chi connectivity index (χ0) is 14.5. The molecule has 1 aromatic carbocycles. The number of nitrogen functional groups attached to an aromatic ring is 2. The monoisotopic (exact) mass is 271 g/mol. The van der Waals surface area contributed by atoms with Crippen molar-refractivity contribution >= 4 is 11.8 Å². The van der Waals surface area contributed by atoms with E-state index in [-0.39, 0.29) is 24.1 Å². The van der Waals surface area contributed by atoms with Crippen molar-refractivity contribution in [2.24, 2.45) is 0 Å². The van der Waals surface area contributed by atoms with Gasteiger partial charge in [0.05, 0.1) is 5.69 Å². The lowest BCUT2D eigenvalue weighted by Gasteiger charge is -2.09. The molecule has 20 heavy (non-hydrogen) atoms. The van der Waals surface area contributed by atoms with E-state index in [4.69, 9.17) is 26.2 Å². The summed E-state index contributed by atoms with van der Waals surface area (Å²) in [5.74, 6) is 0.655. The smallest absolute Gasteiger partial charge is 0.222 e. The number of anilines is 2. The van der Waals surface area contributed by atoms with E-state index in [1.807, 2.05) is 6.07 Å². The van der Waals surface area contributed by atoms with Gasteiger partial charge in [-0.1, -0.05) is 12.1 Å². The van der Waals surface area contributed by atoms with E-state index in [9.17, 15) is 0 Å². The molecule has 102 valence electrons. The van der Waals surface area contributed by atoms with Gasteiger partial charge in [0.2, 0.25) is 5.95 Å². The molecule has 1 heterocycles. The Hall–Kier alpha value is -2.85. The first-order valence-corrected chi connectivity index (χ1v) is 5.71. The number of benzene rings is 1. The molecule has 0 fully saturated rings. The molecule has 0 saturated heterocycles. The largest absolute Gasteiger partial charge is 0.468 e. The van der Waals surface area contributed by atoms with E-state index in [0.29, 0.717) is 17.0 Å². The summed E-state index contributed by atoms with van der Waals surface area (Å²) in [6.45, 7) is 0.128. The summed E-state index contributed by atoms with van der Waals surface area (Å²) in [7, 11) is 1.53. The number of nitriles is 1. The second kappa shape index (κ2) is 5.86. The molecule has 0 amide bonds. The summed E-state index contributed by atoms with van der Waals surface area (Å²) in [6.07, 6.45) is 0. The van der Waals surface area contributed by atoms with Crippen molar-refractivity contribution in [3.63, 3.8) is 0 Å². The maximum absolute atomic E-state index is 9.16. The van der Waals surface area contributed by atoms with E-state index in [1.165, 1.54) is 7.11 Å². The number of nitrogens with zero attached hydrogens (tertiary/aromatic N) is 3. The van der Waals surface area contributed by atoms with Crippen LogP contribution in [0.5, 0.6) is 5.75 Å². The molecule has 0 aliphatic carbocycles. The van der Waals surface area contributed by atoms with Gasteiger partial charge in [-0.3, -0.25) is 0 Å². The first kappa shape index (κ1) is 13.6. The first-order chi connectivity index (χ1) is 9.65. The third-order valence-corrected chi connectivity index (χ3v) is 2.52. The molecule has 0 atom stereocenters. The van der Waals surface area contributed by atoms with Crippen LogP contribution >= 0.6 is 0 Å². The summed E-state index contributed by atoms with van der Waals surface area (Å²) in [5.41, 5.74) is 12.5. The fraction of sp³-hybridized carbons (Fsp3) is 0.154. The molecule has 0 radical (unpaired) electrons. The topological polar surface area (TPSA) is 120 Å². The zero-order valence-electron chi connectivity index (χ0n) is 10.8. The maximum atomic E-state index is 9.16. The minimum Gasteiger partial charge on any atom is -0.468 e. The fourth-order valence-corrected chi connectivity index (χ4v) is 1.68. The lowest BCUT2D eigenvalue weighted by molar-refractivity contribution is 0.0511. The van der Waals surface area contributed by atoms with Gasteiger partial charge < -0.3 is 20.9 Å². The van der Waals surface area contributed by atoms with Crippen molar-refractivity contribution in [1.29, 1.82) is 5.26 Å². The summed E-state index contributed by atoms with van der Waals surface area (Å²) in [5, 5.41) is 9.16. The number of hydrogen-bond acceptors (Lipinski definition) is 7. The zero-order valence-corrected chi connectivity index (χ0v) is 10.8. The Bertz CT molecular complexity index is 666. The van der Waals surface area contributed by atoms with Crippen molar-refractivity contribution in [2.75, 3.05) is 25.4 Å². The molecule has 0 bridgehead atoms. The standard InChI is InChI=1S/C13H13N5O2/c1-19-7-20-9-4-2-3-8(5-9)11-10(6-14)12(15)18-13(16)17-11/h2-5H,7H2,1H3,(H4,15,16,17,18). The molecule has 0 aliphatic heterocycles. The Morgan fingerprint density at radius 1 is 1.30 bits per heavy atom. The van der Waals surface area contributed by atoms with Gasteiger partial charge in [-0.15, -0.1) is 0 Å². The van der Waals surface area contributed by atoms with Crippen LogP contribution in [0, 0.1) is 11.3 Å². The molecule has 0 unspecified atom stereocenters. The van der Waals surface area contributed by atoms with E-state index in [0.717, 1.165) is 0 Å². The average molecular weight is 271 g/mol. The fourth-order valence-electron chi connectivity index (χ4n) is 1.68. The highest BCUT2D eigenvalue weighted by Gasteiger charge is 2.13. The average Bonchev–Trinajstić information content (AvgIpc) is 2.44.